The lowest BCUT2D eigenvalue weighted by atomic mass is 9.84. The molecular formula is C22H23NO3. The molecule has 0 N–H and O–H groups in total. The van der Waals surface area contributed by atoms with Crippen LogP contribution in [0.1, 0.15) is 55.8 Å². The first kappa shape index (κ1) is 16.8. The second-order valence-corrected chi connectivity index (χ2v) is 7.53. The van der Waals surface area contributed by atoms with Crippen LogP contribution in [-0.4, -0.2) is 29.9 Å². The second-order valence-electron chi connectivity index (χ2n) is 7.53. The third kappa shape index (κ3) is 2.52. The number of rotatable bonds is 1. The van der Waals surface area contributed by atoms with E-state index in [2.05, 4.69) is 0 Å². The summed E-state index contributed by atoms with van der Waals surface area (Å²) in [4.78, 5) is 27.4. The molecule has 0 bridgehead atoms. The van der Waals surface area contributed by atoms with Crippen LogP contribution in [-0.2, 0) is 10.3 Å². The summed E-state index contributed by atoms with van der Waals surface area (Å²) in [6.07, 6.45) is 1.57. The number of carbonyl (C=O) groups is 2. The van der Waals surface area contributed by atoms with Crippen molar-refractivity contribution in [2.45, 2.75) is 39.2 Å². The molecule has 2 aromatic rings. The van der Waals surface area contributed by atoms with Crippen molar-refractivity contribution in [3.63, 3.8) is 0 Å². The highest BCUT2D eigenvalue weighted by molar-refractivity contribution is 5.98. The molecule has 1 saturated heterocycles. The number of hydrogen-bond donors (Lipinski definition) is 0. The van der Waals surface area contributed by atoms with Crippen LogP contribution in [0.15, 0.2) is 36.4 Å². The van der Waals surface area contributed by atoms with Crippen molar-refractivity contribution in [2.75, 3.05) is 13.1 Å². The van der Waals surface area contributed by atoms with Crippen LogP contribution in [0.3, 0.4) is 0 Å². The zero-order valence-electron chi connectivity index (χ0n) is 15.5. The van der Waals surface area contributed by atoms with E-state index >= 15 is 0 Å². The van der Waals surface area contributed by atoms with Crippen molar-refractivity contribution >= 4 is 11.9 Å². The zero-order valence-corrected chi connectivity index (χ0v) is 15.5. The Labute approximate surface area is 153 Å². The summed E-state index contributed by atoms with van der Waals surface area (Å²) in [6, 6.07) is 11.6. The highest BCUT2D eigenvalue weighted by atomic mass is 16.6. The number of likely N-dealkylation sites (tertiary alicyclic amines) is 1. The first-order valence-corrected chi connectivity index (χ1v) is 9.11. The van der Waals surface area contributed by atoms with Crippen molar-refractivity contribution in [3.8, 4) is 0 Å². The van der Waals surface area contributed by atoms with E-state index in [-0.39, 0.29) is 11.9 Å². The average Bonchev–Trinajstić information content (AvgIpc) is 2.86. The van der Waals surface area contributed by atoms with Gasteiger partial charge in [-0.3, -0.25) is 4.79 Å². The predicted octanol–water partition coefficient (Wildman–Crippen LogP) is 3.91. The number of fused-ring (bicyclic) bond motifs is 2. The highest BCUT2D eigenvalue weighted by Gasteiger charge is 2.48. The Balaban J connectivity index is 1.69. The molecule has 0 aliphatic carbocycles. The van der Waals surface area contributed by atoms with Gasteiger partial charge in [-0.05, 0) is 50.8 Å². The lowest BCUT2D eigenvalue weighted by Crippen LogP contribution is -2.49. The SMILES string of the molecule is Cc1cc(C)c(C(=O)N2CCCC3(C2)OC(=O)c2ccccc23)c(C)c1. The molecule has 0 radical (unpaired) electrons. The third-order valence-corrected chi connectivity index (χ3v) is 5.56. The van der Waals surface area contributed by atoms with E-state index in [0.29, 0.717) is 18.7 Å². The molecule has 2 aliphatic rings. The molecule has 2 aliphatic heterocycles. The lowest BCUT2D eigenvalue weighted by molar-refractivity contribution is -0.0442. The standard InChI is InChI=1S/C22H23NO3/c1-14-11-15(2)19(16(3)12-14)20(24)23-10-6-9-22(13-23)18-8-5-4-7-17(18)21(25)26-22/h4-5,7-8,11-12H,6,9-10,13H2,1-3H3. The van der Waals surface area contributed by atoms with Gasteiger partial charge in [0.1, 0.15) is 0 Å². The molecule has 134 valence electrons. The average molecular weight is 349 g/mol. The molecule has 2 aromatic carbocycles. The summed E-state index contributed by atoms with van der Waals surface area (Å²) in [5, 5.41) is 0. The van der Waals surface area contributed by atoms with Crippen LogP contribution in [0.25, 0.3) is 0 Å². The monoisotopic (exact) mass is 349 g/mol. The van der Waals surface area contributed by atoms with Gasteiger partial charge in [0.2, 0.25) is 0 Å². The molecule has 1 spiro atoms. The first-order valence-electron chi connectivity index (χ1n) is 9.11. The summed E-state index contributed by atoms with van der Waals surface area (Å²) >= 11 is 0. The quantitative estimate of drug-likeness (QED) is 0.733. The van der Waals surface area contributed by atoms with Crippen molar-refractivity contribution < 1.29 is 14.3 Å². The highest BCUT2D eigenvalue weighted by Crippen LogP contribution is 2.43. The largest absolute Gasteiger partial charge is 0.449 e. The van der Waals surface area contributed by atoms with Gasteiger partial charge >= 0.3 is 5.97 Å². The van der Waals surface area contributed by atoms with Gasteiger partial charge < -0.3 is 9.64 Å². The normalized spacial score (nSPS) is 21.7. The van der Waals surface area contributed by atoms with Gasteiger partial charge in [-0.15, -0.1) is 0 Å². The van der Waals surface area contributed by atoms with Gasteiger partial charge in [-0.1, -0.05) is 35.9 Å². The fourth-order valence-corrected chi connectivity index (χ4v) is 4.52. The van der Waals surface area contributed by atoms with Crippen molar-refractivity contribution in [3.05, 3.63) is 69.8 Å². The third-order valence-electron chi connectivity index (χ3n) is 5.56. The minimum atomic E-state index is -0.700. The van der Waals surface area contributed by atoms with Crippen molar-refractivity contribution in [1.82, 2.24) is 4.90 Å². The van der Waals surface area contributed by atoms with Crippen molar-refractivity contribution in [2.24, 2.45) is 0 Å². The maximum Gasteiger partial charge on any atom is 0.339 e. The van der Waals surface area contributed by atoms with Crippen LogP contribution >= 0.6 is 0 Å². The van der Waals surface area contributed by atoms with E-state index in [1.54, 1.807) is 6.07 Å². The van der Waals surface area contributed by atoms with Gasteiger partial charge in [0.15, 0.2) is 5.60 Å². The van der Waals surface area contributed by atoms with Crippen LogP contribution in [0.5, 0.6) is 0 Å². The zero-order chi connectivity index (χ0) is 18.5. The first-order chi connectivity index (χ1) is 12.4. The number of carbonyl (C=O) groups excluding carboxylic acids is 2. The molecule has 26 heavy (non-hydrogen) atoms. The Morgan fingerprint density at radius 1 is 1.12 bits per heavy atom. The molecule has 1 atom stereocenters. The number of nitrogens with zero attached hydrogens (tertiary/aromatic N) is 1. The maximum absolute atomic E-state index is 13.3. The molecule has 1 amide bonds. The number of ether oxygens (including phenoxy) is 1. The minimum absolute atomic E-state index is 0.0273. The number of piperidine rings is 1. The molecule has 1 unspecified atom stereocenters. The topological polar surface area (TPSA) is 46.6 Å². The summed E-state index contributed by atoms with van der Waals surface area (Å²) in [5.74, 6) is -0.253. The smallest absolute Gasteiger partial charge is 0.339 e. The summed E-state index contributed by atoms with van der Waals surface area (Å²) < 4.78 is 5.82. The molecule has 4 heteroatoms. The van der Waals surface area contributed by atoms with Gasteiger partial charge in [0, 0.05) is 17.7 Å². The minimum Gasteiger partial charge on any atom is -0.449 e. The van der Waals surface area contributed by atoms with Gasteiger partial charge in [-0.25, -0.2) is 4.79 Å². The predicted molar refractivity (Wildman–Crippen MR) is 99.3 cm³/mol. The Kier molecular flexibility index (Phi) is 3.87. The van der Waals surface area contributed by atoms with Gasteiger partial charge in [0.05, 0.1) is 12.1 Å². The molecule has 0 aromatic heterocycles. The second kappa shape index (κ2) is 5.97. The van der Waals surface area contributed by atoms with E-state index in [1.807, 2.05) is 56.0 Å². The molecule has 2 heterocycles. The number of amides is 1. The van der Waals surface area contributed by atoms with E-state index < -0.39 is 5.60 Å². The van der Waals surface area contributed by atoms with Gasteiger partial charge in [-0.2, -0.15) is 0 Å². The Morgan fingerprint density at radius 2 is 1.81 bits per heavy atom. The molecule has 4 rings (SSSR count). The number of aryl methyl sites for hydroxylation is 3. The van der Waals surface area contributed by atoms with E-state index in [9.17, 15) is 9.59 Å². The van der Waals surface area contributed by atoms with Gasteiger partial charge in [0.25, 0.3) is 5.91 Å². The number of benzene rings is 2. The van der Waals surface area contributed by atoms with Crippen molar-refractivity contribution in [1.29, 1.82) is 0 Å². The van der Waals surface area contributed by atoms with Crippen LogP contribution in [0.2, 0.25) is 0 Å². The molecular weight excluding hydrogens is 326 g/mol. The van der Waals surface area contributed by atoms with E-state index in [0.717, 1.165) is 40.7 Å². The number of esters is 1. The van der Waals surface area contributed by atoms with E-state index in [4.69, 9.17) is 4.74 Å². The fourth-order valence-electron chi connectivity index (χ4n) is 4.52. The summed E-state index contributed by atoms with van der Waals surface area (Å²) in [7, 11) is 0. The summed E-state index contributed by atoms with van der Waals surface area (Å²) in [5.41, 5.74) is 4.76. The summed E-state index contributed by atoms with van der Waals surface area (Å²) in [6.45, 7) is 7.11. The fraction of sp³-hybridized carbons (Fsp3) is 0.364. The Morgan fingerprint density at radius 3 is 2.54 bits per heavy atom. The van der Waals surface area contributed by atoms with Crippen LogP contribution in [0, 0.1) is 20.8 Å². The van der Waals surface area contributed by atoms with Crippen LogP contribution in [0.4, 0.5) is 0 Å². The molecule has 4 nitrogen and oxygen atoms in total. The van der Waals surface area contributed by atoms with Crippen LogP contribution < -0.4 is 0 Å². The molecule has 0 saturated carbocycles. The Bertz CT molecular complexity index is 894. The van der Waals surface area contributed by atoms with E-state index in [1.165, 1.54) is 0 Å². The lowest BCUT2D eigenvalue weighted by Gasteiger charge is -2.40. The Hall–Kier alpha value is -2.62. The number of hydrogen-bond acceptors (Lipinski definition) is 3. The molecule has 1 fully saturated rings. The maximum atomic E-state index is 13.3.